The third-order valence-electron chi connectivity index (χ3n) is 3.05. The standard InChI is InChI=1S/C18H32/c1-3-5-7-9-11-13-15-17-18-16-14-12-10-8-6-4-2/h9,11,13,15,17-18H,3-8,10,12,14,16H2,1-2H3/b11-9+,15-13+,18-17-. The smallest absolute Gasteiger partial charge is 0.0348 e. The summed E-state index contributed by atoms with van der Waals surface area (Å²) < 4.78 is 0. The second kappa shape index (κ2) is 16.2. The van der Waals surface area contributed by atoms with Crippen molar-refractivity contribution in [3.63, 3.8) is 0 Å². The minimum Gasteiger partial charge on any atom is -0.0845 e. The summed E-state index contributed by atoms with van der Waals surface area (Å²) >= 11 is 0. The van der Waals surface area contributed by atoms with Gasteiger partial charge in [0.15, 0.2) is 0 Å². The van der Waals surface area contributed by atoms with E-state index in [4.69, 9.17) is 0 Å². The third-order valence-corrected chi connectivity index (χ3v) is 3.05. The predicted molar refractivity (Wildman–Crippen MR) is 84.9 cm³/mol. The van der Waals surface area contributed by atoms with E-state index in [1.165, 1.54) is 64.2 Å². The lowest BCUT2D eigenvalue weighted by Gasteiger charge is -1.97. The van der Waals surface area contributed by atoms with Crippen LogP contribution in [0, 0.1) is 0 Å². The molecule has 0 radical (unpaired) electrons. The van der Waals surface area contributed by atoms with E-state index in [2.05, 4.69) is 50.3 Å². The summed E-state index contributed by atoms with van der Waals surface area (Å²) in [5.41, 5.74) is 0. The molecule has 0 aromatic heterocycles. The molecule has 0 aromatic carbocycles. The van der Waals surface area contributed by atoms with E-state index in [0.717, 1.165) is 0 Å². The van der Waals surface area contributed by atoms with Gasteiger partial charge in [-0.2, -0.15) is 0 Å². The van der Waals surface area contributed by atoms with E-state index in [1.807, 2.05) is 0 Å². The van der Waals surface area contributed by atoms with E-state index >= 15 is 0 Å². The first-order valence-corrected chi connectivity index (χ1v) is 7.90. The van der Waals surface area contributed by atoms with Crippen LogP contribution in [0.25, 0.3) is 0 Å². The number of hydrogen-bond acceptors (Lipinski definition) is 0. The second-order valence-corrected chi connectivity index (χ2v) is 4.94. The van der Waals surface area contributed by atoms with E-state index in [-0.39, 0.29) is 0 Å². The fraction of sp³-hybridized carbons (Fsp3) is 0.667. The van der Waals surface area contributed by atoms with Crippen molar-refractivity contribution < 1.29 is 0 Å². The Balaban J connectivity index is 3.26. The van der Waals surface area contributed by atoms with Crippen molar-refractivity contribution in [1.29, 1.82) is 0 Å². The minimum absolute atomic E-state index is 1.21. The summed E-state index contributed by atoms with van der Waals surface area (Å²) in [6.07, 6.45) is 26.5. The monoisotopic (exact) mass is 248 g/mol. The summed E-state index contributed by atoms with van der Waals surface area (Å²) in [5, 5.41) is 0. The van der Waals surface area contributed by atoms with Crippen LogP contribution in [0.4, 0.5) is 0 Å². The highest BCUT2D eigenvalue weighted by Gasteiger charge is 1.87. The molecule has 0 aliphatic rings. The summed E-state index contributed by atoms with van der Waals surface area (Å²) in [5.74, 6) is 0. The molecule has 0 saturated heterocycles. The van der Waals surface area contributed by atoms with Crippen LogP contribution in [0.2, 0.25) is 0 Å². The molecule has 0 heteroatoms. The lowest BCUT2D eigenvalue weighted by molar-refractivity contribution is 0.611. The predicted octanol–water partition coefficient (Wildman–Crippen LogP) is 6.60. The summed E-state index contributed by atoms with van der Waals surface area (Å²) in [6, 6.07) is 0. The van der Waals surface area contributed by atoms with Crippen molar-refractivity contribution in [1.82, 2.24) is 0 Å². The van der Waals surface area contributed by atoms with Gasteiger partial charge in [-0.25, -0.2) is 0 Å². The Hall–Kier alpha value is -0.780. The van der Waals surface area contributed by atoms with Gasteiger partial charge in [-0.3, -0.25) is 0 Å². The van der Waals surface area contributed by atoms with Gasteiger partial charge < -0.3 is 0 Å². The molecule has 0 rings (SSSR count). The highest BCUT2D eigenvalue weighted by atomic mass is 13.9. The zero-order valence-corrected chi connectivity index (χ0v) is 12.5. The first-order chi connectivity index (χ1) is 8.91. The van der Waals surface area contributed by atoms with Crippen molar-refractivity contribution in [2.24, 2.45) is 0 Å². The number of unbranched alkanes of at least 4 members (excludes halogenated alkanes) is 8. The molecule has 0 heterocycles. The van der Waals surface area contributed by atoms with Gasteiger partial charge in [0.1, 0.15) is 0 Å². The lowest BCUT2D eigenvalue weighted by Crippen LogP contribution is -1.77. The van der Waals surface area contributed by atoms with Crippen LogP contribution in [-0.2, 0) is 0 Å². The van der Waals surface area contributed by atoms with Crippen LogP contribution < -0.4 is 0 Å². The first kappa shape index (κ1) is 17.2. The van der Waals surface area contributed by atoms with Crippen molar-refractivity contribution in [2.75, 3.05) is 0 Å². The fourth-order valence-corrected chi connectivity index (χ4v) is 1.84. The van der Waals surface area contributed by atoms with Crippen molar-refractivity contribution in [2.45, 2.75) is 78.1 Å². The molecule has 0 atom stereocenters. The molecule has 0 bridgehead atoms. The normalized spacial score (nSPS) is 12.3. The van der Waals surface area contributed by atoms with Gasteiger partial charge in [0, 0.05) is 0 Å². The fourth-order valence-electron chi connectivity index (χ4n) is 1.84. The SMILES string of the molecule is CCCC/C=C/C=C/C=C\CCCCCCCC. The van der Waals surface area contributed by atoms with Crippen LogP contribution >= 0.6 is 0 Å². The average molecular weight is 248 g/mol. The molecule has 0 aliphatic carbocycles. The van der Waals surface area contributed by atoms with Gasteiger partial charge in [0.05, 0.1) is 0 Å². The molecular formula is C18H32. The molecule has 0 aliphatic heterocycles. The number of allylic oxidation sites excluding steroid dienone is 6. The van der Waals surface area contributed by atoms with E-state index in [1.54, 1.807) is 0 Å². The molecule has 0 aromatic rings. The van der Waals surface area contributed by atoms with Crippen LogP contribution in [0.1, 0.15) is 78.1 Å². The molecule has 104 valence electrons. The van der Waals surface area contributed by atoms with Gasteiger partial charge in [-0.1, -0.05) is 95.2 Å². The van der Waals surface area contributed by atoms with Crippen LogP contribution in [0.3, 0.4) is 0 Å². The Labute approximate surface area is 115 Å². The quantitative estimate of drug-likeness (QED) is 0.270. The molecule has 0 N–H and O–H groups in total. The highest BCUT2D eigenvalue weighted by molar-refractivity contribution is 5.10. The summed E-state index contributed by atoms with van der Waals surface area (Å²) in [7, 11) is 0. The largest absolute Gasteiger partial charge is 0.0845 e. The van der Waals surface area contributed by atoms with Gasteiger partial charge >= 0.3 is 0 Å². The van der Waals surface area contributed by atoms with E-state index < -0.39 is 0 Å². The zero-order valence-electron chi connectivity index (χ0n) is 12.5. The molecule has 0 amide bonds. The molecule has 0 saturated carbocycles. The molecule has 0 unspecified atom stereocenters. The molecule has 0 nitrogen and oxygen atoms in total. The third kappa shape index (κ3) is 15.2. The topological polar surface area (TPSA) is 0 Å². The Kier molecular flexibility index (Phi) is 15.5. The zero-order chi connectivity index (χ0) is 13.3. The van der Waals surface area contributed by atoms with Gasteiger partial charge in [0.25, 0.3) is 0 Å². The molecular weight excluding hydrogens is 216 g/mol. The van der Waals surface area contributed by atoms with E-state index in [9.17, 15) is 0 Å². The molecule has 18 heavy (non-hydrogen) atoms. The summed E-state index contributed by atoms with van der Waals surface area (Å²) in [4.78, 5) is 0. The van der Waals surface area contributed by atoms with Crippen molar-refractivity contribution in [3.8, 4) is 0 Å². The van der Waals surface area contributed by atoms with Crippen LogP contribution in [0.15, 0.2) is 36.5 Å². The Morgan fingerprint density at radius 3 is 1.61 bits per heavy atom. The highest BCUT2D eigenvalue weighted by Crippen LogP contribution is 2.07. The second-order valence-electron chi connectivity index (χ2n) is 4.94. The average Bonchev–Trinajstić information content (AvgIpc) is 2.39. The number of rotatable bonds is 12. The van der Waals surface area contributed by atoms with Crippen LogP contribution in [0.5, 0.6) is 0 Å². The molecule has 0 spiro atoms. The summed E-state index contributed by atoms with van der Waals surface area (Å²) in [6.45, 7) is 4.50. The maximum absolute atomic E-state index is 2.29. The molecule has 0 fully saturated rings. The minimum atomic E-state index is 1.21. The Morgan fingerprint density at radius 2 is 1.00 bits per heavy atom. The van der Waals surface area contributed by atoms with E-state index in [0.29, 0.717) is 0 Å². The maximum Gasteiger partial charge on any atom is -0.0348 e. The first-order valence-electron chi connectivity index (χ1n) is 7.90. The van der Waals surface area contributed by atoms with Crippen molar-refractivity contribution >= 4 is 0 Å². The number of hydrogen-bond donors (Lipinski definition) is 0. The van der Waals surface area contributed by atoms with Gasteiger partial charge in [-0.15, -0.1) is 0 Å². The van der Waals surface area contributed by atoms with Crippen LogP contribution in [-0.4, -0.2) is 0 Å². The van der Waals surface area contributed by atoms with Gasteiger partial charge in [0.2, 0.25) is 0 Å². The Morgan fingerprint density at radius 1 is 0.500 bits per heavy atom. The van der Waals surface area contributed by atoms with Gasteiger partial charge in [-0.05, 0) is 19.3 Å². The lowest BCUT2D eigenvalue weighted by atomic mass is 10.1. The Bertz CT molecular complexity index is 220. The maximum atomic E-state index is 2.29. The van der Waals surface area contributed by atoms with Crippen molar-refractivity contribution in [3.05, 3.63) is 36.5 Å².